The van der Waals surface area contributed by atoms with Crippen molar-refractivity contribution in [2.24, 2.45) is 7.05 Å². The predicted molar refractivity (Wildman–Crippen MR) is 109 cm³/mol. The number of piperazine rings is 1. The first kappa shape index (κ1) is 19.4. The van der Waals surface area contributed by atoms with E-state index in [4.69, 9.17) is 0 Å². The summed E-state index contributed by atoms with van der Waals surface area (Å²) in [7, 11) is 1.75. The molecule has 4 rings (SSSR count). The van der Waals surface area contributed by atoms with Crippen molar-refractivity contribution >= 4 is 17.6 Å². The van der Waals surface area contributed by atoms with E-state index in [1.165, 1.54) is 6.07 Å². The zero-order chi connectivity index (χ0) is 21.1. The number of tetrazole rings is 1. The van der Waals surface area contributed by atoms with Crippen LogP contribution in [0.4, 0.5) is 10.5 Å². The van der Waals surface area contributed by atoms with Crippen LogP contribution in [0.5, 0.6) is 5.75 Å². The lowest BCUT2D eigenvalue weighted by Gasteiger charge is -2.34. The summed E-state index contributed by atoms with van der Waals surface area (Å²) in [6, 6.07) is 13.5. The molecule has 154 valence electrons. The normalized spacial score (nSPS) is 13.9. The fourth-order valence-corrected chi connectivity index (χ4v) is 3.35. The number of aromatic nitrogens is 4. The molecular formula is C20H21N7O3. The molecule has 1 aliphatic rings. The molecule has 2 aromatic carbocycles. The first-order valence-electron chi connectivity index (χ1n) is 9.49. The van der Waals surface area contributed by atoms with E-state index >= 15 is 0 Å². The van der Waals surface area contributed by atoms with Crippen molar-refractivity contribution in [3.8, 4) is 17.1 Å². The molecule has 30 heavy (non-hydrogen) atoms. The summed E-state index contributed by atoms with van der Waals surface area (Å²) < 4.78 is 1.56. The Bertz CT molecular complexity index is 1070. The molecule has 1 saturated heterocycles. The minimum Gasteiger partial charge on any atom is -0.507 e. The molecule has 3 amide bonds. The Labute approximate surface area is 172 Å². The highest BCUT2D eigenvalue weighted by Gasteiger charge is 2.26. The van der Waals surface area contributed by atoms with Gasteiger partial charge in [-0.05, 0) is 34.7 Å². The highest BCUT2D eigenvalue weighted by Crippen LogP contribution is 2.21. The number of rotatable bonds is 3. The zero-order valence-corrected chi connectivity index (χ0v) is 16.4. The van der Waals surface area contributed by atoms with E-state index in [0.717, 1.165) is 5.56 Å². The Hall–Kier alpha value is -3.95. The van der Waals surface area contributed by atoms with Gasteiger partial charge in [-0.3, -0.25) is 4.79 Å². The van der Waals surface area contributed by atoms with Gasteiger partial charge in [-0.1, -0.05) is 24.3 Å². The maximum absolute atomic E-state index is 12.7. The lowest BCUT2D eigenvalue weighted by atomic mass is 10.1. The largest absolute Gasteiger partial charge is 0.507 e. The molecule has 0 saturated carbocycles. The summed E-state index contributed by atoms with van der Waals surface area (Å²) in [5.74, 6) is 0.321. The molecule has 1 fully saturated rings. The number of nitrogens with zero attached hydrogens (tertiary/aromatic N) is 6. The molecule has 0 bridgehead atoms. The number of aryl methyl sites for hydroxylation is 1. The number of carbonyl (C=O) groups excluding carboxylic acids is 2. The van der Waals surface area contributed by atoms with Gasteiger partial charge in [-0.15, -0.1) is 5.10 Å². The number of amides is 3. The van der Waals surface area contributed by atoms with E-state index in [0.29, 0.717) is 37.7 Å². The van der Waals surface area contributed by atoms with Crippen LogP contribution in [0.25, 0.3) is 11.4 Å². The molecule has 1 aromatic heterocycles. The average Bonchev–Trinajstić information content (AvgIpc) is 3.20. The van der Waals surface area contributed by atoms with Crippen molar-refractivity contribution in [3.63, 3.8) is 0 Å². The molecular weight excluding hydrogens is 386 g/mol. The molecule has 0 aliphatic carbocycles. The molecule has 1 aliphatic heterocycles. The highest BCUT2D eigenvalue weighted by atomic mass is 16.3. The molecule has 0 atom stereocenters. The maximum atomic E-state index is 12.7. The second kappa shape index (κ2) is 8.19. The average molecular weight is 407 g/mol. The summed E-state index contributed by atoms with van der Waals surface area (Å²) in [4.78, 5) is 28.6. The number of hydrogen-bond acceptors (Lipinski definition) is 6. The summed E-state index contributed by atoms with van der Waals surface area (Å²) in [5.41, 5.74) is 1.69. The third-order valence-corrected chi connectivity index (χ3v) is 4.98. The SMILES string of the molecule is Cn1nnnc1-c1cccc(NC(=O)N2CCN(C(=O)c3ccccc3O)CC2)c1. The van der Waals surface area contributed by atoms with Crippen LogP contribution in [-0.2, 0) is 7.05 Å². The monoisotopic (exact) mass is 407 g/mol. The van der Waals surface area contributed by atoms with Crippen LogP contribution in [0.3, 0.4) is 0 Å². The number of anilines is 1. The Morgan fingerprint density at radius 1 is 1.00 bits per heavy atom. The Balaban J connectivity index is 1.37. The van der Waals surface area contributed by atoms with E-state index < -0.39 is 0 Å². The summed E-state index contributed by atoms with van der Waals surface area (Å²) in [6.07, 6.45) is 0. The van der Waals surface area contributed by atoms with Gasteiger partial charge in [0.25, 0.3) is 5.91 Å². The number of carbonyl (C=O) groups is 2. The van der Waals surface area contributed by atoms with Crippen molar-refractivity contribution in [1.82, 2.24) is 30.0 Å². The lowest BCUT2D eigenvalue weighted by Crippen LogP contribution is -2.51. The Kier molecular flexibility index (Phi) is 5.29. The second-order valence-electron chi connectivity index (χ2n) is 6.93. The maximum Gasteiger partial charge on any atom is 0.321 e. The van der Waals surface area contributed by atoms with Crippen molar-refractivity contribution in [3.05, 3.63) is 54.1 Å². The summed E-state index contributed by atoms with van der Waals surface area (Å²) in [5, 5.41) is 24.2. The van der Waals surface area contributed by atoms with Gasteiger partial charge in [-0.25, -0.2) is 9.48 Å². The quantitative estimate of drug-likeness (QED) is 0.681. The number of nitrogens with one attached hydrogen (secondary N) is 1. The van der Waals surface area contributed by atoms with Gasteiger partial charge in [-0.2, -0.15) is 0 Å². The van der Waals surface area contributed by atoms with Gasteiger partial charge >= 0.3 is 6.03 Å². The van der Waals surface area contributed by atoms with E-state index in [-0.39, 0.29) is 23.3 Å². The van der Waals surface area contributed by atoms with Crippen molar-refractivity contribution in [1.29, 1.82) is 0 Å². The molecule has 0 radical (unpaired) electrons. The summed E-state index contributed by atoms with van der Waals surface area (Å²) in [6.45, 7) is 1.59. The van der Waals surface area contributed by atoms with Gasteiger partial charge in [0.15, 0.2) is 5.82 Å². The third-order valence-electron chi connectivity index (χ3n) is 4.98. The molecule has 10 nitrogen and oxygen atoms in total. The lowest BCUT2D eigenvalue weighted by molar-refractivity contribution is 0.0668. The number of para-hydroxylation sites is 1. The van der Waals surface area contributed by atoms with Gasteiger partial charge in [0, 0.05) is 44.5 Å². The third kappa shape index (κ3) is 3.93. The molecule has 2 N–H and O–H groups in total. The fraction of sp³-hybridized carbons (Fsp3) is 0.250. The molecule has 0 unspecified atom stereocenters. The zero-order valence-electron chi connectivity index (χ0n) is 16.4. The number of phenolic OH excluding ortho intramolecular Hbond substituents is 1. The number of benzene rings is 2. The van der Waals surface area contributed by atoms with E-state index in [1.807, 2.05) is 18.2 Å². The number of aromatic hydroxyl groups is 1. The standard InChI is InChI=1S/C20H21N7O3/c1-25-18(22-23-24-25)14-5-4-6-15(13-14)21-20(30)27-11-9-26(10-12-27)19(29)16-7-2-3-8-17(16)28/h2-8,13,28H,9-12H2,1H3,(H,21,30). The van der Waals surface area contributed by atoms with Crippen LogP contribution in [0, 0.1) is 0 Å². The summed E-state index contributed by atoms with van der Waals surface area (Å²) >= 11 is 0. The topological polar surface area (TPSA) is 116 Å². The van der Waals surface area contributed by atoms with Crippen LogP contribution < -0.4 is 5.32 Å². The van der Waals surface area contributed by atoms with Crippen molar-refractivity contribution in [2.75, 3.05) is 31.5 Å². The first-order chi connectivity index (χ1) is 14.5. The van der Waals surface area contributed by atoms with Crippen LogP contribution >= 0.6 is 0 Å². The molecule has 10 heteroatoms. The number of urea groups is 1. The van der Waals surface area contributed by atoms with Crippen LogP contribution in [0.15, 0.2) is 48.5 Å². The van der Waals surface area contributed by atoms with Crippen LogP contribution in [0.2, 0.25) is 0 Å². The first-order valence-corrected chi connectivity index (χ1v) is 9.49. The smallest absolute Gasteiger partial charge is 0.321 e. The number of hydrogen-bond donors (Lipinski definition) is 2. The highest BCUT2D eigenvalue weighted by molar-refractivity contribution is 5.97. The van der Waals surface area contributed by atoms with E-state index in [2.05, 4.69) is 20.8 Å². The fourth-order valence-electron chi connectivity index (χ4n) is 3.35. The minimum absolute atomic E-state index is 0.0410. The van der Waals surface area contributed by atoms with E-state index in [9.17, 15) is 14.7 Å². The van der Waals surface area contributed by atoms with Gasteiger partial charge < -0.3 is 20.2 Å². The van der Waals surface area contributed by atoms with Crippen LogP contribution in [0.1, 0.15) is 10.4 Å². The number of phenols is 1. The van der Waals surface area contributed by atoms with E-state index in [1.54, 1.807) is 45.8 Å². The van der Waals surface area contributed by atoms with Crippen molar-refractivity contribution < 1.29 is 14.7 Å². The molecule has 2 heterocycles. The van der Waals surface area contributed by atoms with Gasteiger partial charge in [0.2, 0.25) is 0 Å². The Morgan fingerprint density at radius 2 is 1.73 bits per heavy atom. The second-order valence-corrected chi connectivity index (χ2v) is 6.93. The van der Waals surface area contributed by atoms with Crippen LogP contribution in [-0.4, -0.2) is 73.2 Å². The molecule has 0 spiro atoms. The Morgan fingerprint density at radius 3 is 2.43 bits per heavy atom. The minimum atomic E-state index is -0.238. The predicted octanol–water partition coefficient (Wildman–Crippen LogP) is 1.57. The molecule has 3 aromatic rings. The van der Waals surface area contributed by atoms with Gasteiger partial charge in [0.05, 0.1) is 5.56 Å². The van der Waals surface area contributed by atoms with Crippen molar-refractivity contribution in [2.45, 2.75) is 0 Å². The van der Waals surface area contributed by atoms with Gasteiger partial charge in [0.1, 0.15) is 5.75 Å².